The van der Waals surface area contributed by atoms with Crippen molar-refractivity contribution in [3.05, 3.63) is 82.9 Å². The van der Waals surface area contributed by atoms with Crippen LogP contribution in [0.1, 0.15) is 11.1 Å². The molecule has 35 heavy (non-hydrogen) atoms. The minimum Gasteiger partial charge on any atom is -0.378 e. The number of ether oxygens (including phenoxy) is 1. The molecule has 1 heterocycles. The van der Waals surface area contributed by atoms with Crippen LogP contribution in [0.4, 0.5) is 17.1 Å². The predicted octanol–water partition coefficient (Wildman–Crippen LogP) is 4.63. The van der Waals surface area contributed by atoms with Crippen LogP contribution in [-0.2, 0) is 19.6 Å². The summed E-state index contributed by atoms with van der Waals surface area (Å²) in [7, 11) is -4.02. The van der Waals surface area contributed by atoms with E-state index in [0.717, 1.165) is 28.6 Å². The van der Waals surface area contributed by atoms with Gasteiger partial charge in [0.05, 0.1) is 23.8 Å². The molecule has 0 aromatic heterocycles. The fourth-order valence-corrected chi connectivity index (χ4v) is 5.54. The predicted molar refractivity (Wildman–Crippen MR) is 140 cm³/mol. The Morgan fingerprint density at radius 2 is 1.66 bits per heavy atom. The number of rotatable bonds is 7. The number of carbonyl (C=O) groups is 1. The molecule has 4 rings (SSSR count). The van der Waals surface area contributed by atoms with Gasteiger partial charge in [0, 0.05) is 29.5 Å². The second-order valence-corrected chi connectivity index (χ2v) is 10.7. The van der Waals surface area contributed by atoms with E-state index >= 15 is 0 Å². The quantitative estimate of drug-likeness (QED) is 0.498. The highest BCUT2D eigenvalue weighted by atomic mass is 35.5. The number of nitrogens with zero attached hydrogens (tertiary/aromatic N) is 2. The van der Waals surface area contributed by atoms with Gasteiger partial charge in [0.1, 0.15) is 6.54 Å². The van der Waals surface area contributed by atoms with Crippen molar-refractivity contribution in [3.63, 3.8) is 0 Å². The standard InChI is InChI=1S/C26H28ClN3O4S/c1-19-3-11-24(12-4-19)35(32,33)30(25-17-21(27)6-5-20(25)2)18-26(31)28-22-7-9-23(10-8-22)29-13-15-34-16-14-29/h3-12,17H,13-16,18H2,1-2H3,(H,28,31). The number of carbonyl (C=O) groups excluding carboxylic acids is 1. The molecule has 1 fully saturated rings. The van der Waals surface area contributed by atoms with Gasteiger partial charge < -0.3 is 15.0 Å². The number of hydrogen-bond acceptors (Lipinski definition) is 5. The van der Waals surface area contributed by atoms with E-state index in [1.54, 1.807) is 49.4 Å². The first-order valence-electron chi connectivity index (χ1n) is 11.3. The third-order valence-electron chi connectivity index (χ3n) is 5.86. The maximum absolute atomic E-state index is 13.6. The molecule has 9 heteroatoms. The van der Waals surface area contributed by atoms with Crippen LogP contribution in [0, 0.1) is 13.8 Å². The Morgan fingerprint density at radius 3 is 2.31 bits per heavy atom. The van der Waals surface area contributed by atoms with E-state index in [1.165, 1.54) is 0 Å². The van der Waals surface area contributed by atoms with Gasteiger partial charge in [0.2, 0.25) is 5.91 Å². The first-order chi connectivity index (χ1) is 16.7. The van der Waals surface area contributed by atoms with E-state index in [-0.39, 0.29) is 4.90 Å². The van der Waals surface area contributed by atoms with E-state index in [4.69, 9.17) is 16.3 Å². The summed E-state index contributed by atoms with van der Waals surface area (Å²) in [5.74, 6) is -0.459. The van der Waals surface area contributed by atoms with Gasteiger partial charge >= 0.3 is 0 Å². The number of morpholine rings is 1. The normalized spacial score (nSPS) is 14.0. The van der Waals surface area contributed by atoms with Crippen molar-refractivity contribution in [1.29, 1.82) is 0 Å². The third kappa shape index (κ3) is 5.96. The molecule has 0 spiro atoms. The average molecular weight is 514 g/mol. The van der Waals surface area contributed by atoms with E-state index < -0.39 is 22.5 Å². The van der Waals surface area contributed by atoms with Crippen LogP contribution < -0.4 is 14.5 Å². The Morgan fingerprint density at radius 1 is 1.00 bits per heavy atom. The molecule has 0 saturated carbocycles. The maximum atomic E-state index is 13.6. The summed E-state index contributed by atoms with van der Waals surface area (Å²) >= 11 is 6.19. The molecule has 0 bridgehead atoms. The fraction of sp³-hybridized carbons (Fsp3) is 0.269. The van der Waals surface area contributed by atoms with Gasteiger partial charge in [0.15, 0.2) is 0 Å². The number of anilines is 3. The van der Waals surface area contributed by atoms with E-state index in [0.29, 0.717) is 35.2 Å². The maximum Gasteiger partial charge on any atom is 0.264 e. The first-order valence-corrected chi connectivity index (χ1v) is 13.1. The van der Waals surface area contributed by atoms with E-state index in [9.17, 15) is 13.2 Å². The summed E-state index contributed by atoms with van der Waals surface area (Å²) in [4.78, 5) is 15.4. The van der Waals surface area contributed by atoms with Crippen LogP contribution in [0.15, 0.2) is 71.6 Å². The number of sulfonamides is 1. The lowest BCUT2D eigenvalue weighted by molar-refractivity contribution is -0.114. The summed E-state index contributed by atoms with van der Waals surface area (Å²) in [5, 5.41) is 3.20. The minimum absolute atomic E-state index is 0.102. The monoisotopic (exact) mass is 513 g/mol. The highest BCUT2D eigenvalue weighted by Crippen LogP contribution is 2.30. The molecular formula is C26H28ClN3O4S. The van der Waals surface area contributed by atoms with Crippen molar-refractivity contribution in [3.8, 4) is 0 Å². The number of hydrogen-bond donors (Lipinski definition) is 1. The average Bonchev–Trinajstić information content (AvgIpc) is 2.85. The van der Waals surface area contributed by atoms with Crippen LogP contribution >= 0.6 is 11.6 Å². The van der Waals surface area contributed by atoms with Gasteiger partial charge in [-0.2, -0.15) is 0 Å². The molecule has 1 aliphatic heterocycles. The number of amides is 1. The van der Waals surface area contributed by atoms with Gasteiger partial charge in [-0.15, -0.1) is 0 Å². The zero-order valence-electron chi connectivity index (χ0n) is 19.7. The zero-order valence-corrected chi connectivity index (χ0v) is 21.3. The minimum atomic E-state index is -4.02. The highest BCUT2D eigenvalue weighted by molar-refractivity contribution is 7.92. The molecule has 184 valence electrons. The van der Waals surface area contributed by atoms with Crippen molar-refractivity contribution in [2.75, 3.05) is 47.4 Å². The molecule has 1 amide bonds. The van der Waals surface area contributed by atoms with Crippen LogP contribution in [0.3, 0.4) is 0 Å². The van der Waals surface area contributed by atoms with E-state index in [2.05, 4.69) is 10.2 Å². The number of aryl methyl sites for hydroxylation is 2. The summed E-state index contributed by atoms with van der Waals surface area (Å²) in [5.41, 5.74) is 3.61. The molecule has 7 nitrogen and oxygen atoms in total. The second kappa shape index (κ2) is 10.7. The van der Waals surface area contributed by atoms with Gasteiger partial charge in [-0.05, 0) is 67.9 Å². The zero-order chi connectivity index (χ0) is 25.0. The summed E-state index contributed by atoms with van der Waals surface area (Å²) in [6, 6.07) is 19.0. The Hall–Kier alpha value is -3.07. The molecule has 1 N–H and O–H groups in total. The lowest BCUT2D eigenvalue weighted by Crippen LogP contribution is -2.38. The summed E-state index contributed by atoms with van der Waals surface area (Å²) in [6.07, 6.45) is 0. The molecule has 0 atom stereocenters. The molecule has 1 aliphatic rings. The molecular weight excluding hydrogens is 486 g/mol. The first kappa shape index (κ1) is 25.0. The molecule has 3 aromatic rings. The number of benzene rings is 3. The van der Waals surface area contributed by atoms with Gasteiger partial charge in [-0.25, -0.2) is 8.42 Å². The van der Waals surface area contributed by atoms with Gasteiger partial charge in [-0.1, -0.05) is 35.4 Å². The second-order valence-electron chi connectivity index (χ2n) is 8.45. The molecule has 1 saturated heterocycles. The van der Waals surface area contributed by atoms with Gasteiger partial charge in [0.25, 0.3) is 10.0 Å². The van der Waals surface area contributed by atoms with E-state index in [1.807, 2.05) is 31.2 Å². The Labute approximate surface area is 211 Å². The van der Waals surface area contributed by atoms with Crippen molar-refractivity contribution < 1.29 is 17.9 Å². The van der Waals surface area contributed by atoms with Crippen molar-refractivity contribution in [2.24, 2.45) is 0 Å². The highest BCUT2D eigenvalue weighted by Gasteiger charge is 2.28. The fourth-order valence-electron chi connectivity index (χ4n) is 3.90. The number of nitrogens with one attached hydrogen (secondary N) is 1. The van der Waals surface area contributed by atoms with Gasteiger partial charge in [-0.3, -0.25) is 9.10 Å². The summed E-state index contributed by atoms with van der Waals surface area (Å²) < 4.78 is 33.7. The largest absolute Gasteiger partial charge is 0.378 e. The Kier molecular flexibility index (Phi) is 7.64. The Balaban J connectivity index is 1.57. The van der Waals surface area contributed by atoms with Crippen molar-refractivity contribution in [2.45, 2.75) is 18.7 Å². The lowest BCUT2D eigenvalue weighted by Gasteiger charge is -2.29. The van der Waals surface area contributed by atoms with Crippen LogP contribution in [0.2, 0.25) is 5.02 Å². The van der Waals surface area contributed by atoms with Crippen LogP contribution in [-0.4, -0.2) is 47.2 Å². The third-order valence-corrected chi connectivity index (χ3v) is 7.87. The van der Waals surface area contributed by atoms with Crippen molar-refractivity contribution >= 4 is 44.6 Å². The Bertz CT molecular complexity index is 1290. The van der Waals surface area contributed by atoms with Crippen molar-refractivity contribution in [1.82, 2.24) is 0 Å². The topological polar surface area (TPSA) is 79.0 Å². The lowest BCUT2D eigenvalue weighted by atomic mass is 10.2. The number of halogens is 1. The van der Waals surface area contributed by atoms with Crippen LogP contribution in [0.5, 0.6) is 0 Å². The summed E-state index contributed by atoms with van der Waals surface area (Å²) in [6.45, 7) is 6.27. The van der Waals surface area contributed by atoms with Crippen LogP contribution in [0.25, 0.3) is 0 Å². The SMILES string of the molecule is Cc1ccc(S(=O)(=O)N(CC(=O)Nc2ccc(N3CCOCC3)cc2)c2cc(Cl)ccc2C)cc1. The molecule has 0 aliphatic carbocycles. The molecule has 3 aromatic carbocycles. The smallest absolute Gasteiger partial charge is 0.264 e. The molecule has 0 radical (unpaired) electrons. The molecule has 0 unspecified atom stereocenters.